The molecule has 23 nitrogen and oxygen atoms in total. The maximum atomic E-state index is 14.6. The smallest absolute Gasteiger partial charge is 0.360 e. The van der Waals surface area contributed by atoms with Crippen molar-refractivity contribution in [2.75, 3.05) is 71.9 Å². The van der Waals surface area contributed by atoms with Crippen LogP contribution in [0.1, 0.15) is 63.1 Å². The van der Waals surface area contributed by atoms with Crippen molar-refractivity contribution >= 4 is 117 Å². The summed E-state index contributed by atoms with van der Waals surface area (Å²) in [6.45, 7) is 1.75. The molecule has 83 heavy (non-hydrogen) atoms. The Bertz CT molecular complexity index is 3750. The lowest BCUT2D eigenvalue weighted by molar-refractivity contribution is -0.140. The van der Waals surface area contributed by atoms with Crippen LogP contribution in [0.25, 0.3) is 20.9 Å². The molecule has 4 aromatic carbocycles. The van der Waals surface area contributed by atoms with E-state index in [4.69, 9.17) is 25.8 Å². The van der Waals surface area contributed by atoms with E-state index in [-0.39, 0.29) is 72.1 Å². The zero-order chi connectivity index (χ0) is 59.6. The highest BCUT2D eigenvalue weighted by molar-refractivity contribution is 7.92. The number of rotatable bonds is 24. The number of benzene rings is 4. The second-order valence-corrected chi connectivity index (χ2v) is 27.2. The molecule has 2 fully saturated rings. The van der Waals surface area contributed by atoms with Crippen molar-refractivity contribution in [1.82, 2.24) is 14.9 Å². The van der Waals surface area contributed by atoms with Crippen LogP contribution in [0.5, 0.6) is 11.5 Å². The van der Waals surface area contributed by atoms with E-state index in [0.29, 0.717) is 73.4 Å². The topological polar surface area (TPSA) is 323 Å². The van der Waals surface area contributed by atoms with Crippen molar-refractivity contribution in [1.29, 1.82) is 0 Å². The van der Waals surface area contributed by atoms with Crippen molar-refractivity contribution in [3.63, 3.8) is 0 Å². The number of ether oxygens (including phenoxy) is 3. The molecule has 2 aliphatic rings. The summed E-state index contributed by atoms with van der Waals surface area (Å²) >= 11 is 8.35. The van der Waals surface area contributed by atoms with Gasteiger partial charge in [0.15, 0.2) is 28.7 Å². The number of carboxylic acid groups (broad SMARTS) is 2. The third kappa shape index (κ3) is 16.1. The summed E-state index contributed by atoms with van der Waals surface area (Å²) in [5.74, 6) is -6.97. The average molecular weight is 1260 g/mol. The minimum Gasteiger partial charge on any atom is -0.480 e. The minimum absolute atomic E-state index is 0.0995. The maximum absolute atomic E-state index is 14.6. The molecule has 0 atom stereocenters. The molecule has 7 N–H and O–H groups in total. The van der Waals surface area contributed by atoms with Gasteiger partial charge in [0, 0.05) is 48.0 Å². The fourth-order valence-electron chi connectivity index (χ4n) is 9.36. The van der Waals surface area contributed by atoms with E-state index in [9.17, 15) is 59.4 Å². The van der Waals surface area contributed by atoms with Gasteiger partial charge >= 0.3 is 29.9 Å². The highest BCUT2D eigenvalue weighted by Gasteiger charge is 2.35. The van der Waals surface area contributed by atoms with Gasteiger partial charge in [-0.25, -0.2) is 53.5 Å². The lowest BCUT2D eigenvalue weighted by atomic mass is 10.1. The first-order valence-electron chi connectivity index (χ1n) is 25.8. The van der Waals surface area contributed by atoms with Gasteiger partial charge in [-0.15, -0.1) is 22.7 Å². The number of esters is 2. The molecule has 0 saturated carbocycles. The fourth-order valence-corrected chi connectivity index (χ4v) is 15.8. The van der Waals surface area contributed by atoms with Crippen molar-refractivity contribution in [3.05, 3.63) is 129 Å². The van der Waals surface area contributed by atoms with Crippen LogP contribution >= 0.6 is 34.3 Å². The average Bonchev–Trinajstić information content (AvgIpc) is 4.05. The molecule has 0 aliphatic carbocycles. The number of carbonyl (C=O) groups excluding carboxylic acids is 3. The predicted octanol–water partition coefficient (Wildman–Crippen LogP) is 7.73. The Kier molecular flexibility index (Phi) is 20.0. The highest BCUT2D eigenvalue weighted by atomic mass is 35.5. The number of halogens is 1. The molecular weight excluding hydrogens is 1200 g/mol. The molecule has 0 radical (unpaired) electrons. The largest absolute Gasteiger partial charge is 0.480 e. The molecule has 4 heterocycles. The molecule has 0 spiro atoms. The van der Waals surface area contributed by atoms with Crippen molar-refractivity contribution in [2.24, 2.45) is 0 Å². The number of carbonyl (C=O) groups is 5. The Balaban J connectivity index is 1.01. The number of anilines is 4. The molecule has 8 rings (SSSR count). The molecule has 0 unspecified atom stereocenters. The van der Waals surface area contributed by atoms with Crippen LogP contribution in [0.2, 0.25) is 5.02 Å². The van der Waals surface area contributed by atoms with Gasteiger partial charge in [-0.1, -0.05) is 72.3 Å². The number of nitrogens with one attached hydrogen (secondary N) is 5. The third-order valence-electron chi connectivity index (χ3n) is 13.0. The van der Waals surface area contributed by atoms with Gasteiger partial charge in [0.1, 0.15) is 10.8 Å². The molecule has 29 heteroatoms. The Hall–Kier alpha value is -7.31. The number of piperidine rings is 2. The van der Waals surface area contributed by atoms with Gasteiger partial charge in [-0.2, -0.15) is 0 Å². The lowest BCUT2D eigenvalue weighted by Gasteiger charge is -2.35. The van der Waals surface area contributed by atoms with Gasteiger partial charge in [0.25, 0.3) is 0 Å². The number of carboxylic acids is 2. The SMILES string of the molecule is CCNC(=O)Nc1ccccc1CS(=O)(=O)N1CCC(Nc2cccc(-c3sc(C(=O)OC(=O)c4sc(-c5cccc(N(C6CCNCC6)S(=O)(=O)Cc6ccccc6NS(C)(=O)=O)c5)cc4OCC(=O)O)c(OCC(=O)O)c3Cl)c2)CC1. The van der Waals surface area contributed by atoms with Gasteiger partial charge in [0.2, 0.25) is 30.1 Å². The first-order chi connectivity index (χ1) is 39.5. The van der Waals surface area contributed by atoms with E-state index in [1.165, 1.54) is 26.8 Å². The van der Waals surface area contributed by atoms with Gasteiger partial charge in [-0.05, 0) is 110 Å². The third-order valence-corrected chi connectivity index (χ3v) is 20.0. The van der Waals surface area contributed by atoms with Crippen LogP contribution in [0.15, 0.2) is 103 Å². The number of sulfonamides is 3. The number of aliphatic carboxylic acids is 2. The lowest BCUT2D eigenvalue weighted by Crippen LogP contribution is -2.46. The van der Waals surface area contributed by atoms with Gasteiger partial charge in [-0.3, -0.25) is 9.03 Å². The number of amides is 2. The Morgan fingerprint density at radius 2 is 1.36 bits per heavy atom. The van der Waals surface area contributed by atoms with Crippen LogP contribution in [0, 0.1) is 0 Å². The number of hydrogen-bond donors (Lipinski definition) is 7. The Morgan fingerprint density at radius 3 is 2.04 bits per heavy atom. The molecule has 2 amide bonds. The van der Waals surface area contributed by atoms with Crippen LogP contribution in [0.3, 0.4) is 0 Å². The van der Waals surface area contributed by atoms with E-state index in [2.05, 4.69) is 26.0 Å². The Labute approximate surface area is 492 Å². The second-order valence-electron chi connectivity index (χ2n) is 19.2. The van der Waals surface area contributed by atoms with E-state index in [1.807, 2.05) is 0 Å². The van der Waals surface area contributed by atoms with Gasteiger partial charge in [0.05, 0.1) is 34.0 Å². The van der Waals surface area contributed by atoms with Crippen LogP contribution in [0.4, 0.5) is 27.5 Å². The minimum atomic E-state index is -4.25. The molecular formula is C54H58ClN7O16S5. The van der Waals surface area contributed by atoms with E-state index < -0.39 is 90.7 Å². The number of hydrogen-bond acceptors (Lipinski definition) is 18. The summed E-state index contributed by atoms with van der Waals surface area (Å²) in [5.41, 5.74) is 2.79. The van der Waals surface area contributed by atoms with Crippen molar-refractivity contribution < 1.29 is 73.6 Å². The fraction of sp³-hybridized carbons (Fsp3) is 0.315. The summed E-state index contributed by atoms with van der Waals surface area (Å²) in [6, 6.07) is 26.3. The summed E-state index contributed by atoms with van der Waals surface area (Å²) < 4.78 is 102. The normalized spacial score (nSPS) is 14.5. The summed E-state index contributed by atoms with van der Waals surface area (Å²) in [5, 5.41) is 30.9. The maximum Gasteiger partial charge on any atom is 0.360 e. The van der Waals surface area contributed by atoms with Crippen molar-refractivity contribution in [2.45, 2.75) is 56.2 Å². The number of thiophene rings is 2. The zero-order valence-corrected chi connectivity index (χ0v) is 49.4. The molecule has 6 aromatic rings. The van der Waals surface area contributed by atoms with Crippen molar-refractivity contribution in [3.8, 4) is 32.4 Å². The molecule has 2 aromatic heterocycles. The monoisotopic (exact) mass is 1260 g/mol. The molecule has 2 aliphatic heterocycles. The van der Waals surface area contributed by atoms with E-state index >= 15 is 0 Å². The number of para-hydroxylation sites is 2. The van der Waals surface area contributed by atoms with E-state index in [0.717, 1.165) is 28.9 Å². The molecule has 0 bridgehead atoms. The summed E-state index contributed by atoms with van der Waals surface area (Å²) in [6.07, 6.45) is 2.70. The second kappa shape index (κ2) is 26.9. The van der Waals surface area contributed by atoms with Crippen LogP contribution in [-0.4, -0.2) is 134 Å². The summed E-state index contributed by atoms with van der Waals surface area (Å²) in [7, 11) is -11.8. The molecule has 442 valence electrons. The summed E-state index contributed by atoms with van der Waals surface area (Å²) in [4.78, 5) is 63.7. The Morgan fingerprint density at radius 1 is 0.735 bits per heavy atom. The predicted molar refractivity (Wildman–Crippen MR) is 316 cm³/mol. The van der Waals surface area contributed by atoms with Crippen LogP contribution in [-0.2, 0) is 55.9 Å². The first-order valence-corrected chi connectivity index (χ1v) is 32.9. The highest BCUT2D eigenvalue weighted by Crippen LogP contribution is 2.47. The number of nitrogens with zero attached hydrogens (tertiary/aromatic N) is 2. The zero-order valence-electron chi connectivity index (χ0n) is 44.6. The molecule has 2 saturated heterocycles. The first kappa shape index (κ1) is 61.8. The number of urea groups is 1. The van der Waals surface area contributed by atoms with Gasteiger partial charge < -0.3 is 45.7 Å². The van der Waals surface area contributed by atoms with E-state index in [1.54, 1.807) is 91.9 Å². The van der Waals surface area contributed by atoms with Crippen LogP contribution < -0.4 is 39.8 Å². The quantitative estimate of drug-likeness (QED) is 0.0225. The standard InChI is InChI=1S/C54H58ClN7O16S5/c1-3-57-54(69)59-41-16-6-4-10-35(41)31-82(72,73)61-24-20-37(21-25-61)58-38-14-8-13-34(26-38)49-47(55)48(77-30-46(65)66)51(80-49)53(68)78-52(67)50-43(76-29-45(63)64)28-44(79-50)33-12-9-15-40(27-33)62(39-18-22-56-23-19-39)83(74,75)32-36-11-5-7-17-42(36)60-81(2,70)71/h4-17,26-28,37,39,56,58,60H,3,18-25,29-32H2,1-2H3,(H,63,64)(H,65,66)(H2,57,59,69).